The van der Waals surface area contributed by atoms with Gasteiger partial charge in [-0.25, -0.2) is 4.98 Å². The van der Waals surface area contributed by atoms with E-state index in [0.29, 0.717) is 29.4 Å². The van der Waals surface area contributed by atoms with Crippen LogP contribution in [0, 0.1) is 0 Å². The Morgan fingerprint density at radius 1 is 0.933 bits per heavy atom. The molecule has 2 aliphatic rings. The molecule has 2 aromatic rings. The van der Waals surface area contributed by atoms with Crippen LogP contribution in [-0.2, 0) is 4.79 Å². The quantitative estimate of drug-likeness (QED) is 0.661. The number of likely N-dealkylation sites (tertiary alicyclic amines) is 1. The molecule has 0 saturated carbocycles. The number of amides is 2. The fourth-order valence-corrected chi connectivity index (χ4v) is 4.89. The molecule has 0 atom stereocenters. The van der Waals surface area contributed by atoms with E-state index in [9.17, 15) is 9.59 Å². The minimum Gasteiger partial charge on any atom is -0.353 e. The molecule has 0 aliphatic carbocycles. The van der Waals surface area contributed by atoms with E-state index < -0.39 is 0 Å². The molecule has 0 bridgehead atoms. The van der Waals surface area contributed by atoms with Crippen LogP contribution >= 0.6 is 23.4 Å². The summed E-state index contributed by atoms with van der Waals surface area (Å²) >= 11 is 7.38. The number of piperazine rings is 1. The molecule has 0 unspecified atom stereocenters. The molecule has 4 rings (SSSR count). The van der Waals surface area contributed by atoms with Crippen LogP contribution in [0.4, 0.5) is 5.82 Å². The topological polar surface area (TPSA) is 56.8 Å². The van der Waals surface area contributed by atoms with Gasteiger partial charge in [0.05, 0.1) is 16.3 Å². The van der Waals surface area contributed by atoms with Gasteiger partial charge >= 0.3 is 0 Å². The molecule has 2 amide bonds. The zero-order chi connectivity index (χ0) is 20.9. The Morgan fingerprint density at radius 3 is 2.37 bits per heavy atom. The van der Waals surface area contributed by atoms with E-state index in [4.69, 9.17) is 11.6 Å². The van der Waals surface area contributed by atoms with E-state index in [0.717, 1.165) is 49.7 Å². The summed E-state index contributed by atoms with van der Waals surface area (Å²) < 4.78 is 0. The molecule has 2 saturated heterocycles. The van der Waals surface area contributed by atoms with Crippen molar-refractivity contribution in [2.45, 2.75) is 17.7 Å². The molecule has 0 radical (unpaired) electrons. The lowest BCUT2D eigenvalue weighted by molar-refractivity contribution is -0.127. The van der Waals surface area contributed by atoms with E-state index in [1.54, 1.807) is 6.20 Å². The largest absolute Gasteiger partial charge is 0.353 e. The van der Waals surface area contributed by atoms with Crippen LogP contribution in [0.15, 0.2) is 47.5 Å². The Bertz CT molecular complexity index is 894. The summed E-state index contributed by atoms with van der Waals surface area (Å²) in [6.45, 7) is 4.43. The van der Waals surface area contributed by atoms with E-state index in [1.165, 1.54) is 11.8 Å². The third-order valence-corrected chi connectivity index (χ3v) is 6.81. The maximum absolute atomic E-state index is 13.2. The molecule has 0 N–H and O–H groups in total. The first-order valence-electron chi connectivity index (χ1n) is 10.3. The fourth-order valence-electron chi connectivity index (χ4n) is 3.83. The Hall–Kier alpha value is -2.25. The fraction of sp³-hybridized carbons (Fsp3) is 0.409. The summed E-state index contributed by atoms with van der Waals surface area (Å²) in [7, 11) is 0. The molecule has 8 heteroatoms. The maximum atomic E-state index is 13.2. The molecule has 1 aromatic carbocycles. The highest BCUT2D eigenvalue weighted by atomic mass is 35.5. The lowest BCUT2D eigenvalue weighted by Gasteiger charge is -2.35. The van der Waals surface area contributed by atoms with Gasteiger partial charge in [-0.2, -0.15) is 0 Å². The number of aromatic nitrogens is 1. The summed E-state index contributed by atoms with van der Waals surface area (Å²) in [5.41, 5.74) is 0.676. The van der Waals surface area contributed by atoms with Gasteiger partial charge in [-0.3, -0.25) is 9.59 Å². The minimum absolute atomic E-state index is 0.0236. The van der Waals surface area contributed by atoms with Gasteiger partial charge in [0, 0.05) is 50.4 Å². The van der Waals surface area contributed by atoms with E-state index >= 15 is 0 Å². The van der Waals surface area contributed by atoms with Crippen molar-refractivity contribution >= 4 is 41.0 Å². The highest BCUT2D eigenvalue weighted by Gasteiger charge is 2.25. The lowest BCUT2D eigenvalue weighted by atomic mass is 10.2. The number of nitrogens with zero attached hydrogens (tertiary/aromatic N) is 4. The number of hydrogen-bond donors (Lipinski definition) is 0. The molecule has 2 aliphatic heterocycles. The highest BCUT2D eigenvalue weighted by Crippen LogP contribution is 2.26. The van der Waals surface area contributed by atoms with Crippen molar-refractivity contribution in [2.24, 2.45) is 0 Å². The monoisotopic (exact) mass is 444 g/mol. The average Bonchev–Trinajstić information content (AvgIpc) is 3.33. The lowest BCUT2D eigenvalue weighted by Crippen LogP contribution is -2.49. The zero-order valence-corrected chi connectivity index (χ0v) is 18.4. The van der Waals surface area contributed by atoms with Gasteiger partial charge in [-0.15, -0.1) is 11.8 Å². The van der Waals surface area contributed by atoms with Gasteiger partial charge in [-0.1, -0.05) is 23.7 Å². The van der Waals surface area contributed by atoms with Crippen molar-refractivity contribution in [3.05, 3.63) is 53.2 Å². The summed E-state index contributed by atoms with van der Waals surface area (Å²) in [6.07, 6.45) is 3.82. The van der Waals surface area contributed by atoms with Crippen molar-refractivity contribution in [3.8, 4) is 0 Å². The smallest absolute Gasteiger partial charge is 0.255 e. The number of benzene rings is 1. The van der Waals surface area contributed by atoms with Gasteiger partial charge in [0.25, 0.3) is 5.91 Å². The Balaban J connectivity index is 1.36. The molecule has 2 fully saturated rings. The normalized spacial score (nSPS) is 16.8. The molecule has 158 valence electrons. The summed E-state index contributed by atoms with van der Waals surface area (Å²) in [6, 6.07) is 11.3. The number of halogens is 1. The molecule has 3 heterocycles. The van der Waals surface area contributed by atoms with Gasteiger partial charge in [0.1, 0.15) is 5.82 Å². The van der Waals surface area contributed by atoms with Crippen LogP contribution < -0.4 is 4.90 Å². The third-order valence-electron chi connectivity index (χ3n) is 5.53. The van der Waals surface area contributed by atoms with E-state index in [-0.39, 0.29) is 11.8 Å². The number of rotatable bonds is 5. The summed E-state index contributed by atoms with van der Waals surface area (Å²) in [4.78, 5) is 36.8. The van der Waals surface area contributed by atoms with Crippen LogP contribution in [-0.4, -0.2) is 71.6 Å². The first-order valence-corrected chi connectivity index (χ1v) is 11.6. The van der Waals surface area contributed by atoms with Crippen LogP contribution in [0.2, 0.25) is 5.02 Å². The third kappa shape index (κ3) is 4.90. The number of thioether (sulfide) groups is 1. The molecule has 1 aromatic heterocycles. The van der Waals surface area contributed by atoms with Crippen molar-refractivity contribution in [1.29, 1.82) is 0 Å². The molecule has 6 nitrogen and oxygen atoms in total. The van der Waals surface area contributed by atoms with Crippen LogP contribution in [0.3, 0.4) is 0 Å². The Labute approximate surface area is 186 Å². The molecule has 0 spiro atoms. The van der Waals surface area contributed by atoms with Crippen LogP contribution in [0.25, 0.3) is 0 Å². The van der Waals surface area contributed by atoms with E-state index in [2.05, 4.69) is 9.88 Å². The second-order valence-corrected chi connectivity index (χ2v) is 8.94. The number of hydrogen-bond acceptors (Lipinski definition) is 5. The maximum Gasteiger partial charge on any atom is 0.255 e. The summed E-state index contributed by atoms with van der Waals surface area (Å²) in [5.74, 6) is 1.43. The van der Waals surface area contributed by atoms with Crippen LogP contribution in [0.5, 0.6) is 0 Å². The number of carbonyl (C=O) groups is 2. The van der Waals surface area contributed by atoms with Crippen molar-refractivity contribution in [2.75, 3.05) is 49.9 Å². The number of anilines is 1. The van der Waals surface area contributed by atoms with Crippen molar-refractivity contribution in [1.82, 2.24) is 14.8 Å². The minimum atomic E-state index is 0.0236. The highest BCUT2D eigenvalue weighted by molar-refractivity contribution is 8.00. The predicted octanol–water partition coefficient (Wildman–Crippen LogP) is 3.41. The first-order chi connectivity index (χ1) is 14.6. The Morgan fingerprint density at radius 2 is 1.67 bits per heavy atom. The zero-order valence-electron chi connectivity index (χ0n) is 16.8. The first kappa shape index (κ1) is 21.0. The molecule has 30 heavy (non-hydrogen) atoms. The van der Waals surface area contributed by atoms with Crippen LogP contribution in [0.1, 0.15) is 23.2 Å². The summed E-state index contributed by atoms with van der Waals surface area (Å²) in [5, 5.41) is 0.616. The standard InChI is InChI=1S/C22H25ClN4O2S/c23-17-7-8-20(24-15-17)25-11-13-27(14-12-25)22(29)18-5-1-2-6-19(18)30-16-21(28)26-9-3-4-10-26/h1-2,5-8,15H,3-4,9-14,16H2. The SMILES string of the molecule is O=C(CSc1ccccc1C(=O)N1CCN(c2ccc(Cl)cn2)CC1)N1CCCC1. The number of carbonyl (C=O) groups excluding carboxylic acids is 2. The second kappa shape index (κ2) is 9.71. The predicted molar refractivity (Wildman–Crippen MR) is 120 cm³/mol. The van der Waals surface area contributed by atoms with Gasteiger partial charge < -0.3 is 14.7 Å². The van der Waals surface area contributed by atoms with Crippen molar-refractivity contribution < 1.29 is 9.59 Å². The van der Waals surface area contributed by atoms with Gasteiger partial charge in [0.2, 0.25) is 5.91 Å². The van der Waals surface area contributed by atoms with Gasteiger partial charge in [0.15, 0.2) is 0 Å². The Kier molecular flexibility index (Phi) is 6.79. The average molecular weight is 445 g/mol. The van der Waals surface area contributed by atoms with E-state index in [1.807, 2.05) is 46.2 Å². The number of pyridine rings is 1. The van der Waals surface area contributed by atoms with Gasteiger partial charge in [-0.05, 0) is 37.1 Å². The molecular formula is C22H25ClN4O2S. The second-order valence-electron chi connectivity index (χ2n) is 7.49. The van der Waals surface area contributed by atoms with Crippen molar-refractivity contribution in [3.63, 3.8) is 0 Å². The molecular weight excluding hydrogens is 420 g/mol.